The molecule has 0 saturated carbocycles. The van der Waals surface area contributed by atoms with Crippen molar-refractivity contribution in [2.45, 2.75) is 13.5 Å². The first-order valence-electron chi connectivity index (χ1n) is 8.24. The van der Waals surface area contributed by atoms with Gasteiger partial charge in [0.15, 0.2) is 0 Å². The molecule has 0 aromatic heterocycles. The number of nitrogens with zero attached hydrogens (tertiary/aromatic N) is 2. The van der Waals surface area contributed by atoms with Crippen molar-refractivity contribution in [2.24, 2.45) is 5.10 Å². The molecule has 0 radical (unpaired) electrons. The lowest BCUT2D eigenvalue weighted by molar-refractivity contribution is -0.918. The van der Waals surface area contributed by atoms with Gasteiger partial charge in [0.1, 0.15) is 12.4 Å². The number of hydrogen-bond acceptors (Lipinski definition) is 2. The van der Waals surface area contributed by atoms with Gasteiger partial charge >= 0.3 is 0 Å². The molecule has 1 fully saturated rings. The van der Waals surface area contributed by atoms with E-state index < -0.39 is 0 Å². The van der Waals surface area contributed by atoms with E-state index in [0.717, 1.165) is 49.0 Å². The van der Waals surface area contributed by atoms with E-state index in [-0.39, 0.29) is 5.82 Å². The molecule has 0 aliphatic carbocycles. The molecule has 0 spiro atoms. The number of piperazine rings is 1. The first-order valence-corrected chi connectivity index (χ1v) is 8.62. The first-order chi connectivity index (χ1) is 11.6. The van der Waals surface area contributed by atoms with Gasteiger partial charge in [-0.1, -0.05) is 35.9 Å². The first kappa shape index (κ1) is 16.9. The molecular weight excluding hydrogens is 325 g/mol. The number of benzene rings is 2. The number of quaternary nitrogens is 1. The van der Waals surface area contributed by atoms with Crippen LogP contribution in [0.1, 0.15) is 18.1 Å². The molecule has 24 heavy (non-hydrogen) atoms. The van der Waals surface area contributed by atoms with Crippen LogP contribution in [0.3, 0.4) is 0 Å². The summed E-state index contributed by atoms with van der Waals surface area (Å²) in [5.74, 6) is -0.217. The number of hydrazone groups is 1. The van der Waals surface area contributed by atoms with E-state index in [9.17, 15) is 4.39 Å². The van der Waals surface area contributed by atoms with Crippen molar-refractivity contribution < 1.29 is 9.29 Å². The average Bonchev–Trinajstić information content (AvgIpc) is 2.59. The zero-order chi connectivity index (χ0) is 16.9. The number of hydrogen-bond donors (Lipinski definition) is 1. The van der Waals surface area contributed by atoms with Gasteiger partial charge in [-0.15, -0.1) is 0 Å². The van der Waals surface area contributed by atoms with Gasteiger partial charge in [-0.2, -0.15) is 5.10 Å². The highest BCUT2D eigenvalue weighted by molar-refractivity contribution is 6.30. The Morgan fingerprint density at radius 3 is 2.33 bits per heavy atom. The van der Waals surface area contributed by atoms with Crippen LogP contribution >= 0.6 is 11.6 Å². The van der Waals surface area contributed by atoms with Crippen LogP contribution in [0.5, 0.6) is 0 Å². The summed E-state index contributed by atoms with van der Waals surface area (Å²) in [7, 11) is 0. The Balaban J connectivity index is 1.53. The smallest absolute Gasteiger partial charge is 0.123 e. The summed E-state index contributed by atoms with van der Waals surface area (Å²) in [6, 6.07) is 14.6. The second-order valence-electron chi connectivity index (χ2n) is 6.20. The van der Waals surface area contributed by atoms with E-state index in [1.54, 1.807) is 17.0 Å². The standard InChI is InChI=1S/C19H21ClFN3/c1-15(17-4-8-19(21)9-5-17)22-24-12-10-23(11-13-24)14-16-2-6-18(20)7-3-16/h2-9H,10-14H2,1H3/p+1/b22-15-. The lowest BCUT2D eigenvalue weighted by Crippen LogP contribution is -3.13. The summed E-state index contributed by atoms with van der Waals surface area (Å²) in [5, 5.41) is 7.58. The van der Waals surface area contributed by atoms with Gasteiger partial charge in [0.25, 0.3) is 0 Å². The molecule has 1 N–H and O–H groups in total. The van der Waals surface area contributed by atoms with Gasteiger partial charge in [-0.25, -0.2) is 4.39 Å². The van der Waals surface area contributed by atoms with Crippen molar-refractivity contribution in [1.82, 2.24) is 5.01 Å². The lowest BCUT2D eigenvalue weighted by Gasteiger charge is -2.31. The van der Waals surface area contributed by atoms with Crippen LogP contribution in [-0.4, -0.2) is 36.9 Å². The maximum atomic E-state index is 13.0. The molecule has 1 heterocycles. The third-order valence-corrected chi connectivity index (χ3v) is 4.62. The highest BCUT2D eigenvalue weighted by atomic mass is 35.5. The minimum absolute atomic E-state index is 0.217. The highest BCUT2D eigenvalue weighted by Gasteiger charge is 2.19. The zero-order valence-corrected chi connectivity index (χ0v) is 14.6. The Morgan fingerprint density at radius 2 is 1.71 bits per heavy atom. The Hall–Kier alpha value is -1.91. The van der Waals surface area contributed by atoms with E-state index in [0.29, 0.717) is 0 Å². The van der Waals surface area contributed by atoms with E-state index in [1.165, 1.54) is 17.7 Å². The average molecular weight is 347 g/mol. The Bertz CT molecular complexity index is 690. The molecule has 5 heteroatoms. The molecule has 1 aliphatic heterocycles. The third kappa shape index (κ3) is 4.56. The molecule has 2 aromatic carbocycles. The van der Waals surface area contributed by atoms with Crippen molar-refractivity contribution in [3.05, 3.63) is 70.5 Å². The number of halogens is 2. The van der Waals surface area contributed by atoms with Gasteiger partial charge in [-0.3, -0.25) is 5.01 Å². The highest BCUT2D eigenvalue weighted by Crippen LogP contribution is 2.09. The summed E-state index contributed by atoms with van der Waals surface area (Å²) >= 11 is 5.93. The number of rotatable bonds is 4. The maximum absolute atomic E-state index is 13.0. The van der Waals surface area contributed by atoms with E-state index in [1.807, 2.05) is 19.1 Å². The molecule has 0 amide bonds. The van der Waals surface area contributed by atoms with Crippen LogP contribution in [0.15, 0.2) is 53.6 Å². The van der Waals surface area contributed by atoms with Crippen LogP contribution in [0.4, 0.5) is 4.39 Å². The maximum Gasteiger partial charge on any atom is 0.123 e. The predicted molar refractivity (Wildman–Crippen MR) is 96.0 cm³/mol. The minimum atomic E-state index is -0.217. The van der Waals surface area contributed by atoms with Crippen LogP contribution in [-0.2, 0) is 6.54 Å². The zero-order valence-electron chi connectivity index (χ0n) is 13.8. The summed E-state index contributed by atoms with van der Waals surface area (Å²) in [6.07, 6.45) is 0. The van der Waals surface area contributed by atoms with Crippen LogP contribution in [0.2, 0.25) is 5.02 Å². The molecule has 1 aliphatic rings. The van der Waals surface area contributed by atoms with Gasteiger partial charge < -0.3 is 4.90 Å². The van der Waals surface area contributed by atoms with Gasteiger partial charge in [-0.05, 0) is 36.8 Å². The quantitative estimate of drug-likeness (QED) is 0.844. The van der Waals surface area contributed by atoms with Crippen LogP contribution < -0.4 is 4.90 Å². The molecule has 1 saturated heterocycles. The van der Waals surface area contributed by atoms with Crippen molar-refractivity contribution >= 4 is 17.3 Å². The Kier molecular flexibility index (Phi) is 5.48. The van der Waals surface area contributed by atoms with Crippen LogP contribution in [0, 0.1) is 5.82 Å². The van der Waals surface area contributed by atoms with Gasteiger partial charge in [0.2, 0.25) is 0 Å². The Labute approximate surface area is 147 Å². The molecule has 126 valence electrons. The summed E-state index contributed by atoms with van der Waals surface area (Å²) in [6.45, 7) is 6.97. The second kappa shape index (κ2) is 7.77. The fourth-order valence-electron chi connectivity index (χ4n) is 2.94. The molecular formula is C19H22ClFN3+. The van der Waals surface area contributed by atoms with Crippen molar-refractivity contribution in [1.29, 1.82) is 0 Å². The van der Waals surface area contributed by atoms with Crippen molar-refractivity contribution in [3.63, 3.8) is 0 Å². The van der Waals surface area contributed by atoms with E-state index >= 15 is 0 Å². The SMILES string of the molecule is C/C(=N/N1CC[NH+](Cc2ccc(Cl)cc2)CC1)c1ccc(F)cc1. The fourth-order valence-corrected chi connectivity index (χ4v) is 3.07. The third-order valence-electron chi connectivity index (χ3n) is 4.37. The molecule has 3 nitrogen and oxygen atoms in total. The topological polar surface area (TPSA) is 20.0 Å². The molecule has 2 aromatic rings. The van der Waals surface area contributed by atoms with E-state index in [4.69, 9.17) is 11.6 Å². The minimum Gasteiger partial charge on any atom is -0.328 e. The monoisotopic (exact) mass is 346 g/mol. The van der Waals surface area contributed by atoms with Gasteiger partial charge in [0.05, 0.1) is 31.9 Å². The summed E-state index contributed by atoms with van der Waals surface area (Å²) in [4.78, 5) is 1.56. The fraction of sp³-hybridized carbons (Fsp3) is 0.316. The van der Waals surface area contributed by atoms with E-state index in [2.05, 4.69) is 22.2 Å². The predicted octanol–water partition coefficient (Wildman–Crippen LogP) is 2.60. The largest absolute Gasteiger partial charge is 0.328 e. The number of nitrogens with one attached hydrogen (secondary N) is 1. The normalized spacial score (nSPS) is 16.5. The summed E-state index contributed by atoms with van der Waals surface area (Å²) in [5.41, 5.74) is 3.21. The second-order valence-corrected chi connectivity index (χ2v) is 6.64. The Morgan fingerprint density at radius 1 is 1.08 bits per heavy atom. The molecule has 3 rings (SSSR count). The van der Waals surface area contributed by atoms with Gasteiger partial charge in [0, 0.05) is 10.6 Å². The summed E-state index contributed by atoms with van der Waals surface area (Å²) < 4.78 is 13.0. The molecule has 0 unspecified atom stereocenters. The van der Waals surface area contributed by atoms with Crippen molar-refractivity contribution in [3.8, 4) is 0 Å². The molecule has 0 atom stereocenters. The molecule has 0 bridgehead atoms. The van der Waals surface area contributed by atoms with Crippen LogP contribution in [0.25, 0.3) is 0 Å². The van der Waals surface area contributed by atoms with Crippen molar-refractivity contribution in [2.75, 3.05) is 26.2 Å². The lowest BCUT2D eigenvalue weighted by atomic mass is 10.1.